The molecule has 19 heavy (non-hydrogen) atoms. The molecule has 0 heterocycles. The van der Waals surface area contributed by atoms with Gasteiger partial charge in [-0.15, -0.1) is 0 Å². The van der Waals surface area contributed by atoms with Crippen molar-refractivity contribution in [2.45, 2.75) is 76.6 Å². The summed E-state index contributed by atoms with van der Waals surface area (Å²) in [7, 11) is -1.83. The molecule has 2 aliphatic rings. The van der Waals surface area contributed by atoms with Gasteiger partial charge in [-0.05, 0) is 43.5 Å². The van der Waals surface area contributed by atoms with Crippen molar-refractivity contribution in [3.05, 3.63) is 12.2 Å². The van der Waals surface area contributed by atoms with Crippen LogP contribution in [-0.2, 0) is 9.22 Å². The Labute approximate surface area is 118 Å². The van der Waals surface area contributed by atoms with Crippen LogP contribution in [-0.4, -0.2) is 19.7 Å². The lowest BCUT2D eigenvalue weighted by Gasteiger charge is -2.51. The molecule has 2 rings (SSSR count). The van der Waals surface area contributed by atoms with Crippen molar-refractivity contribution in [1.82, 2.24) is 0 Å². The zero-order valence-corrected chi connectivity index (χ0v) is 14.1. The quantitative estimate of drug-likeness (QED) is 0.698. The van der Waals surface area contributed by atoms with Gasteiger partial charge in [-0.25, -0.2) is 0 Å². The second-order valence-electron chi connectivity index (χ2n) is 7.73. The summed E-state index contributed by atoms with van der Waals surface area (Å²) < 4.78 is 6.77. The summed E-state index contributed by atoms with van der Waals surface area (Å²) in [4.78, 5) is 12.2. The van der Waals surface area contributed by atoms with Gasteiger partial charge in [-0.2, -0.15) is 0 Å². The topological polar surface area (TPSA) is 26.3 Å². The van der Waals surface area contributed by atoms with Gasteiger partial charge in [-0.1, -0.05) is 39.7 Å². The van der Waals surface area contributed by atoms with E-state index in [9.17, 15) is 4.79 Å². The van der Waals surface area contributed by atoms with Crippen molar-refractivity contribution in [2.75, 3.05) is 0 Å². The first-order chi connectivity index (χ1) is 8.68. The third-order valence-electron chi connectivity index (χ3n) is 5.33. The summed E-state index contributed by atoms with van der Waals surface area (Å²) in [6.45, 7) is 11.4. The van der Waals surface area contributed by atoms with E-state index in [0.29, 0.717) is 5.78 Å². The molecule has 0 N–H and O–H groups in total. The molecule has 108 valence electrons. The minimum absolute atomic E-state index is 0.111. The molecule has 0 bridgehead atoms. The predicted molar refractivity (Wildman–Crippen MR) is 81.7 cm³/mol. The van der Waals surface area contributed by atoms with Crippen molar-refractivity contribution in [3.63, 3.8) is 0 Å². The van der Waals surface area contributed by atoms with E-state index < -0.39 is 8.32 Å². The monoisotopic (exact) mass is 280 g/mol. The average Bonchev–Trinajstić information content (AvgIpc) is 2.27. The fourth-order valence-corrected chi connectivity index (χ4v) is 4.82. The fraction of sp³-hybridized carbons (Fsp3) is 0.812. The van der Waals surface area contributed by atoms with Crippen molar-refractivity contribution in [2.24, 2.45) is 5.92 Å². The van der Waals surface area contributed by atoms with E-state index in [0.717, 1.165) is 19.3 Å². The Morgan fingerprint density at radius 1 is 1.32 bits per heavy atom. The van der Waals surface area contributed by atoms with Gasteiger partial charge in [0.05, 0.1) is 5.60 Å². The van der Waals surface area contributed by atoms with Crippen LogP contribution in [0.2, 0.25) is 18.1 Å². The normalized spacial score (nSPS) is 32.3. The summed E-state index contributed by atoms with van der Waals surface area (Å²) in [5, 5.41) is 0.202. The number of hydrogen-bond donors (Lipinski definition) is 0. The van der Waals surface area contributed by atoms with Crippen LogP contribution in [0.5, 0.6) is 0 Å². The molecular weight excluding hydrogens is 252 g/mol. The second kappa shape index (κ2) is 4.85. The first kappa shape index (κ1) is 15.0. The first-order valence-corrected chi connectivity index (χ1v) is 10.5. The Kier molecular flexibility index (Phi) is 3.82. The second-order valence-corrected chi connectivity index (χ2v) is 12.5. The smallest absolute Gasteiger partial charge is 0.192 e. The zero-order valence-electron chi connectivity index (χ0n) is 13.1. The van der Waals surface area contributed by atoms with Gasteiger partial charge in [0.2, 0.25) is 0 Å². The number of carbonyl (C=O) groups is 1. The van der Waals surface area contributed by atoms with E-state index in [-0.39, 0.29) is 16.6 Å². The molecule has 2 aliphatic carbocycles. The number of fused-ring (bicyclic) bond motifs is 1. The van der Waals surface area contributed by atoms with E-state index in [1.165, 1.54) is 12.8 Å². The minimum Gasteiger partial charge on any atom is -0.410 e. The lowest BCUT2D eigenvalue weighted by atomic mass is 9.69. The third kappa shape index (κ3) is 2.73. The number of ketones is 1. The number of carbonyl (C=O) groups excluding carboxylic acids is 1. The molecule has 1 fully saturated rings. The lowest BCUT2D eigenvalue weighted by molar-refractivity contribution is -0.131. The highest BCUT2D eigenvalue weighted by Gasteiger charge is 2.51. The third-order valence-corrected chi connectivity index (χ3v) is 9.86. The molecule has 2 nitrogen and oxygen atoms in total. The van der Waals surface area contributed by atoms with Gasteiger partial charge in [0.1, 0.15) is 0 Å². The molecule has 0 aromatic heterocycles. The molecule has 0 aromatic rings. The van der Waals surface area contributed by atoms with Gasteiger partial charge in [-0.3, -0.25) is 4.79 Å². The summed E-state index contributed by atoms with van der Waals surface area (Å²) in [5.41, 5.74) is -0.187. The van der Waals surface area contributed by atoms with Crippen LogP contribution in [0, 0.1) is 5.92 Å². The van der Waals surface area contributed by atoms with Crippen LogP contribution in [0.25, 0.3) is 0 Å². The Bertz CT molecular complexity index is 392. The molecule has 0 spiro atoms. The molecule has 0 saturated heterocycles. The van der Waals surface area contributed by atoms with E-state index in [4.69, 9.17) is 4.43 Å². The van der Waals surface area contributed by atoms with E-state index in [1.807, 2.05) is 6.08 Å². The highest BCUT2D eigenvalue weighted by molar-refractivity contribution is 6.74. The van der Waals surface area contributed by atoms with Crippen molar-refractivity contribution in [1.29, 1.82) is 0 Å². The highest BCUT2D eigenvalue weighted by Crippen LogP contribution is 2.48. The summed E-state index contributed by atoms with van der Waals surface area (Å²) in [6.07, 6.45) is 9.19. The van der Waals surface area contributed by atoms with E-state index in [1.54, 1.807) is 6.08 Å². The minimum atomic E-state index is -1.83. The molecule has 0 radical (unpaired) electrons. The number of hydrogen-bond acceptors (Lipinski definition) is 2. The lowest BCUT2D eigenvalue weighted by Crippen LogP contribution is -2.56. The summed E-state index contributed by atoms with van der Waals surface area (Å²) in [6, 6.07) is 0. The van der Waals surface area contributed by atoms with E-state index >= 15 is 0 Å². The molecule has 0 amide bonds. The largest absolute Gasteiger partial charge is 0.410 e. The van der Waals surface area contributed by atoms with Gasteiger partial charge in [0.25, 0.3) is 0 Å². The molecule has 2 atom stereocenters. The average molecular weight is 280 g/mol. The van der Waals surface area contributed by atoms with Crippen LogP contribution >= 0.6 is 0 Å². The first-order valence-electron chi connectivity index (χ1n) is 7.59. The Morgan fingerprint density at radius 2 is 2.00 bits per heavy atom. The maximum absolute atomic E-state index is 12.2. The van der Waals surface area contributed by atoms with Crippen molar-refractivity contribution < 1.29 is 9.22 Å². The maximum Gasteiger partial charge on any atom is 0.192 e. The predicted octanol–water partition coefficient (Wildman–Crippen LogP) is 4.47. The zero-order chi connectivity index (χ0) is 14.3. The molecule has 1 saturated carbocycles. The van der Waals surface area contributed by atoms with Crippen LogP contribution in [0.4, 0.5) is 0 Å². The van der Waals surface area contributed by atoms with Crippen molar-refractivity contribution >= 4 is 14.1 Å². The number of rotatable bonds is 2. The van der Waals surface area contributed by atoms with Crippen LogP contribution in [0.1, 0.15) is 52.9 Å². The van der Waals surface area contributed by atoms with Crippen LogP contribution < -0.4 is 0 Å². The summed E-state index contributed by atoms with van der Waals surface area (Å²) in [5.74, 6) is 0.407. The molecule has 0 unspecified atom stereocenters. The Morgan fingerprint density at radius 3 is 2.63 bits per heavy atom. The van der Waals surface area contributed by atoms with Gasteiger partial charge >= 0.3 is 0 Å². The van der Waals surface area contributed by atoms with Gasteiger partial charge < -0.3 is 4.43 Å². The molecule has 3 heteroatoms. The standard InChI is InChI=1S/C16H28O2Si/c1-15(2,3)19(4,5)18-16-11-7-6-9-13(16)14(17)10-8-12-16/h8,10,13H,6-7,9,11-12H2,1-5H3/t13-,16+/m0/s1. The SMILES string of the molecule is CC(C)(C)[Si](C)(C)O[C@]12CC=CC(=O)[C@@H]1CCCC2. The maximum atomic E-state index is 12.2. The van der Waals surface area contributed by atoms with Gasteiger partial charge in [0, 0.05) is 5.92 Å². The van der Waals surface area contributed by atoms with Crippen LogP contribution in [0.15, 0.2) is 12.2 Å². The highest BCUT2D eigenvalue weighted by atomic mass is 28.4. The Hall–Kier alpha value is -0.413. The van der Waals surface area contributed by atoms with E-state index in [2.05, 4.69) is 33.9 Å². The Balaban J connectivity index is 2.29. The van der Waals surface area contributed by atoms with Crippen LogP contribution in [0.3, 0.4) is 0 Å². The molecule has 0 aromatic carbocycles. The van der Waals surface area contributed by atoms with Crippen molar-refractivity contribution in [3.8, 4) is 0 Å². The number of allylic oxidation sites excluding steroid dienone is 1. The summed E-state index contributed by atoms with van der Waals surface area (Å²) >= 11 is 0. The molecule has 0 aliphatic heterocycles. The fourth-order valence-electron chi connectivity index (χ4n) is 3.17. The van der Waals surface area contributed by atoms with Gasteiger partial charge in [0.15, 0.2) is 14.1 Å². The molecular formula is C16H28O2Si.